The highest BCUT2D eigenvalue weighted by atomic mass is 32.1. The van der Waals surface area contributed by atoms with Gasteiger partial charge in [-0.1, -0.05) is 11.3 Å². The van der Waals surface area contributed by atoms with E-state index in [-0.39, 0.29) is 0 Å². The first kappa shape index (κ1) is 10.4. The molecule has 2 aromatic heterocycles. The molecule has 0 radical (unpaired) electrons. The van der Waals surface area contributed by atoms with Crippen LogP contribution in [0.3, 0.4) is 0 Å². The third-order valence-electron chi connectivity index (χ3n) is 1.90. The second-order valence-corrected chi connectivity index (χ2v) is 5.36. The van der Waals surface area contributed by atoms with E-state index in [1.165, 1.54) is 11.3 Å². The molecular weight excluding hydrogens is 228 g/mol. The van der Waals surface area contributed by atoms with Gasteiger partial charge >= 0.3 is 0 Å². The van der Waals surface area contributed by atoms with Gasteiger partial charge in [-0.3, -0.25) is 0 Å². The maximum Gasteiger partial charge on any atom is 0.187 e. The van der Waals surface area contributed by atoms with Gasteiger partial charge in [0.15, 0.2) is 5.13 Å². The van der Waals surface area contributed by atoms with Crippen molar-refractivity contribution < 1.29 is 0 Å². The zero-order valence-electron chi connectivity index (χ0n) is 8.60. The SMILES string of the molecule is Cc1nc(CN(C)c2ncc(N)s2)cs1. The van der Waals surface area contributed by atoms with E-state index >= 15 is 0 Å². The molecule has 0 aliphatic heterocycles. The van der Waals surface area contributed by atoms with Crippen LogP contribution in [0.15, 0.2) is 11.6 Å². The Balaban J connectivity index is 2.06. The first-order chi connectivity index (χ1) is 7.15. The molecule has 0 saturated heterocycles. The molecule has 0 aromatic carbocycles. The molecule has 80 valence electrons. The summed E-state index contributed by atoms with van der Waals surface area (Å²) < 4.78 is 0. The van der Waals surface area contributed by atoms with Crippen LogP contribution < -0.4 is 10.6 Å². The Morgan fingerprint density at radius 1 is 1.53 bits per heavy atom. The van der Waals surface area contributed by atoms with Crippen LogP contribution in [0.5, 0.6) is 0 Å². The van der Waals surface area contributed by atoms with Crippen LogP contribution in [0, 0.1) is 6.92 Å². The summed E-state index contributed by atoms with van der Waals surface area (Å²) >= 11 is 3.16. The summed E-state index contributed by atoms with van der Waals surface area (Å²) in [5, 5.41) is 4.84. The summed E-state index contributed by atoms with van der Waals surface area (Å²) in [4.78, 5) is 10.7. The smallest absolute Gasteiger partial charge is 0.187 e. The summed E-state index contributed by atoms with van der Waals surface area (Å²) in [5.74, 6) is 0. The van der Waals surface area contributed by atoms with E-state index in [2.05, 4.69) is 20.2 Å². The fourth-order valence-corrected chi connectivity index (χ4v) is 2.49. The Kier molecular flexibility index (Phi) is 2.88. The lowest BCUT2D eigenvalue weighted by Gasteiger charge is -2.13. The van der Waals surface area contributed by atoms with Crippen molar-refractivity contribution in [3.63, 3.8) is 0 Å². The summed E-state index contributed by atoms with van der Waals surface area (Å²) in [5.41, 5.74) is 6.71. The standard InChI is InChI=1S/C9H12N4S2/c1-6-12-7(5-14-6)4-13(2)9-11-3-8(10)15-9/h3,5H,4,10H2,1-2H3. The molecule has 0 spiro atoms. The third kappa shape index (κ3) is 2.45. The number of aromatic nitrogens is 2. The minimum Gasteiger partial charge on any atom is -0.389 e. The van der Waals surface area contributed by atoms with Crippen molar-refractivity contribution in [2.75, 3.05) is 17.7 Å². The topological polar surface area (TPSA) is 55.0 Å². The Bertz CT molecular complexity index is 448. The molecule has 15 heavy (non-hydrogen) atoms. The lowest BCUT2D eigenvalue weighted by molar-refractivity contribution is 0.884. The van der Waals surface area contributed by atoms with Crippen LogP contribution in [0.4, 0.5) is 10.1 Å². The Hall–Kier alpha value is -1.14. The highest BCUT2D eigenvalue weighted by molar-refractivity contribution is 7.19. The molecule has 2 rings (SSSR count). The fraction of sp³-hybridized carbons (Fsp3) is 0.333. The zero-order chi connectivity index (χ0) is 10.8. The lowest BCUT2D eigenvalue weighted by Crippen LogP contribution is -2.16. The monoisotopic (exact) mass is 240 g/mol. The lowest BCUT2D eigenvalue weighted by atomic mass is 10.4. The third-order valence-corrected chi connectivity index (χ3v) is 3.67. The van der Waals surface area contributed by atoms with Crippen LogP contribution in [0.1, 0.15) is 10.7 Å². The summed E-state index contributed by atoms with van der Waals surface area (Å²) in [6, 6.07) is 0. The maximum absolute atomic E-state index is 5.63. The molecule has 2 heterocycles. The van der Waals surface area contributed by atoms with Gasteiger partial charge in [-0.15, -0.1) is 11.3 Å². The van der Waals surface area contributed by atoms with Crippen molar-refractivity contribution >= 4 is 32.8 Å². The van der Waals surface area contributed by atoms with E-state index < -0.39 is 0 Å². The molecule has 0 atom stereocenters. The van der Waals surface area contributed by atoms with Crippen molar-refractivity contribution in [1.29, 1.82) is 0 Å². The molecule has 4 nitrogen and oxygen atoms in total. The number of hydrogen-bond acceptors (Lipinski definition) is 6. The van der Waals surface area contributed by atoms with Crippen LogP contribution in [0.25, 0.3) is 0 Å². The van der Waals surface area contributed by atoms with Crippen LogP contribution in [0.2, 0.25) is 0 Å². The number of thiazole rings is 2. The molecule has 0 aliphatic carbocycles. The number of nitrogens with two attached hydrogens (primary N) is 1. The van der Waals surface area contributed by atoms with Gasteiger partial charge in [0, 0.05) is 12.4 Å². The Labute approximate surface area is 96.4 Å². The van der Waals surface area contributed by atoms with Crippen LogP contribution in [-0.4, -0.2) is 17.0 Å². The first-order valence-corrected chi connectivity index (χ1v) is 6.18. The van der Waals surface area contributed by atoms with Gasteiger partial charge < -0.3 is 10.6 Å². The van der Waals surface area contributed by atoms with E-state index in [0.717, 1.165) is 27.4 Å². The first-order valence-electron chi connectivity index (χ1n) is 4.48. The number of nitrogens with zero attached hydrogens (tertiary/aromatic N) is 3. The summed E-state index contributed by atoms with van der Waals surface area (Å²) in [6.45, 7) is 2.78. The molecule has 0 saturated carbocycles. The Morgan fingerprint density at radius 2 is 2.33 bits per heavy atom. The van der Waals surface area contributed by atoms with E-state index in [1.54, 1.807) is 17.5 Å². The molecule has 2 aromatic rings. The molecule has 0 fully saturated rings. The number of hydrogen-bond donors (Lipinski definition) is 1. The largest absolute Gasteiger partial charge is 0.389 e. The predicted octanol–water partition coefficient (Wildman–Crippen LogP) is 2.13. The second kappa shape index (κ2) is 4.16. The van der Waals surface area contributed by atoms with E-state index in [1.807, 2.05) is 14.0 Å². The van der Waals surface area contributed by atoms with Gasteiger partial charge in [-0.25, -0.2) is 9.97 Å². The highest BCUT2D eigenvalue weighted by Crippen LogP contribution is 2.24. The second-order valence-electron chi connectivity index (χ2n) is 3.26. The molecule has 0 amide bonds. The minimum atomic E-state index is 0.742. The molecular formula is C9H12N4S2. The number of rotatable bonds is 3. The van der Waals surface area contributed by atoms with Crippen LogP contribution in [-0.2, 0) is 6.54 Å². The summed E-state index contributed by atoms with van der Waals surface area (Å²) in [6.07, 6.45) is 1.68. The van der Waals surface area contributed by atoms with Crippen molar-refractivity contribution in [2.45, 2.75) is 13.5 Å². The van der Waals surface area contributed by atoms with Crippen molar-refractivity contribution in [3.8, 4) is 0 Å². The summed E-state index contributed by atoms with van der Waals surface area (Å²) in [7, 11) is 1.99. The molecule has 0 aliphatic rings. The van der Waals surface area contributed by atoms with Gasteiger partial charge in [0.25, 0.3) is 0 Å². The van der Waals surface area contributed by atoms with Crippen molar-refractivity contribution in [1.82, 2.24) is 9.97 Å². The number of nitrogen functional groups attached to an aromatic ring is 1. The van der Waals surface area contributed by atoms with Gasteiger partial charge in [0.2, 0.25) is 0 Å². The molecule has 0 unspecified atom stereocenters. The fourth-order valence-electron chi connectivity index (χ4n) is 1.24. The zero-order valence-corrected chi connectivity index (χ0v) is 10.2. The Morgan fingerprint density at radius 3 is 2.87 bits per heavy atom. The molecule has 6 heteroatoms. The average molecular weight is 240 g/mol. The predicted molar refractivity (Wildman–Crippen MR) is 65.5 cm³/mol. The normalized spacial score (nSPS) is 10.5. The minimum absolute atomic E-state index is 0.742. The van der Waals surface area contributed by atoms with Crippen molar-refractivity contribution in [3.05, 3.63) is 22.3 Å². The quantitative estimate of drug-likeness (QED) is 0.893. The van der Waals surface area contributed by atoms with Gasteiger partial charge in [-0.05, 0) is 6.92 Å². The van der Waals surface area contributed by atoms with Crippen molar-refractivity contribution in [2.24, 2.45) is 0 Å². The molecule has 0 bridgehead atoms. The van der Waals surface area contributed by atoms with Gasteiger partial charge in [0.1, 0.15) is 5.00 Å². The molecule has 2 N–H and O–H groups in total. The van der Waals surface area contributed by atoms with E-state index in [9.17, 15) is 0 Å². The van der Waals surface area contributed by atoms with Gasteiger partial charge in [0.05, 0.1) is 23.4 Å². The van der Waals surface area contributed by atoms with E-state index in [0.29, 0.717) is 0 Å². The van der Waals surface area contributed by atoms with Gasteiger partial charge in [-0.2, -0.15) is 0 Å². The average Bonchev–Trinajstić information content (AvgIpc) is 2.75. The van der Waals surface area contributed by atoms with E-state index in [4.69, 9.17) is 5.73 Å². The van der Waals surface area contributed by atoms with Crippen LogP contribution >= 0.6 is 22.7 Å². The number of aryl methyl sites for hydroxylation is 1. The maximum atomic E-state index is 5.63. The highest BCUT2D eigenvalue weighted by Gasteiger charge is 2.07. The number of anilines is 2.